The summed E-state index contributed by atoms with van der Waals surface area (Å²) in [5.41, 5.74) is 3.73. The summed E-state index contributed by atoms with van der Waals surface area (Å²) in [6.07, 6.45) is 1.49. The van der Waals surface area contributed by atoms with E-state index >= 15 is 0 Å². The van der Waals surface area contributed by atoms with Crippen LogP contribution in [0.5, 0.6) is 5.75 Å². The largest absolute Gasteiger partial charge is 0.494 e. The number of rotatable bonds is 10. The van der Waals surface area contributed by atoms with Gasteiger partial charge >= 0.3 is 5.97 Å². The summed E-state index contributed by atoms with van der Waals surface area (Å²) in [6, 6.07) is 17.1. The van der Waals surface area contributed by atoms with E-state index in [4.69, 9.17) is 9.47 Å². The normalized spacial score (nSPS) is 15.0. The fourth-order valence-corrected chi connectivity index (χ4v) is 4.72. The minimum absolute atomic E-state index is 0.0535. The number of nitrogens with one attached hydrogen (secondary N) is 2. The minimum Gasteiger partial charge on any atom is -0.494 e. The summed E-state index contributed by atoms with van der Waals surface area (Å²) < 4.78 is 10.9. The zero-order valence-electron chi connectivity index (χ0n) is 20.6. The van der Waals surface area contributed by atoms with Crippen molar-refractivity contribution in [3.63, 3.8) is 0 Å². The van der Waals surface area contributed by atoms with E-state index in [2.05, 4.69) is 23.3 Å². The van der Waals surface area contributed by atoms with Crippen molar-refractivity contribution < 1.29 is 19.1 Å². The molecule has 2 N–H and O–H groups in total. The minimum atomic E-state index is -0.661. The Morgan fingerprint density at radius 3 is 2.61 bits per heavy atom. The van der Waals surface area contributed by atoms with E-state index < -0.39 is 11.9 Å². The molecule has 0 fully saturated rings. The standard InChI is InChI=1S/C28H29N3O4S/c1-5-14-35-28(33)25-19(4)30-27(36-17-24(32)31-21-9-7-8-18(3)15-21)23(16-29)26(25)20-10-12-22(13-11-20)34-6-2/h5,7-13,15,26,30H,1,6,14,17H2,2-4H3,(H,31,32)/t26-/m0/s1. The molecule has 36 heavy (non-hydrogen) atoms. The van der Waals surface area contributed by atoms with Gasteiger partial charge in [-0.25, -0.2) is 4.79 Å². The van der Waals surface area contributed by atoms with Crippen LogP contribution < -0.4 is 15.4 Å². The number of ether oxygens (including phenoxy) is 2. The second-order valence-electron chi connectivity index (χ2n) is 8.05. The van der Waals surface area contributed by atoms with Gasteiger partial charge in [-0.1, -0.05) is 48.7 Å². The lowest BCUT2D eigenvalue weighted by Crippen LogP contribution is -2.29. The molecule has 1 aliphatic heterocycles. The zero-order valence-corrected chi connectivity index (χ0v) is 21.4. The van der Waals surface area contributed by atoms with Gasteiger partial charge in [0.05, 0.1) is 40.5 Å². The number of anilines is 1. The molecule has 1 heterocycles. The zero-order chi connectivity index (χ0) is 26.1. The molecule has 0 radical (unpaired) electrons. The summed E-state index contributed by atoms with van der Waals surface area (Å²) in [4.78, 5) is 25.6. The molecule has 7 nitrogen and oxygen atoms in total. The average molecular weight is 504 g/mol. The Kier molecular flexibility index (Phi) is 9.37. The lowest BCUT2D eigenvalue weighted by molar-refractivity contribution is -0.138. The van der Waals surface area contributed by atoms with Crippen LogP contribution in [0.2, 0.25) is 0 Å². The summed E-state index contributed by atoms with van der Waals surface area (Å²) in [7, 11) is 0. The van der Waals surface area contributed by atoms with E-state index in [-0.39, 0.29) is 18.3 Å². The number of hydrogen-bond donors (Lipinski definition) is 2. The number of dihydropyridines is 1. The van der Waals surface area contributed by atoms with Crippen LogP contribution in [-0.4, -0.2) is 30.8 Å². The van der Waals surface area contributed by atoms with Gasteiger partial charge in [0.1, 0.15) is 12.4 Å². The predicted octanol–water partition coefficient (Wildman–Crippen LogP) is 5.19. The highest BCUT2D eigenvalue weighted by atomic mass is 32.2. The van der Waals surface area contributed by atoms with Crippen molar-refractivity contribution in [2.45, 2.75) is 26.7 Å². The van der Waals surface area contributed by atoms with Gasteiger partial charge < -0.3 is 20.1 Å². The van der Waals surface area contributed by atoms with E-state index in [1.54, 1.807) is 19.1 Å². The summed E-state index contributed by atoms with van der Waals surface area (Å²) in [6.45, 7) is 9.78. The van der Waals surface area contributed by atoms with Gasteiger partial charge in [0.25, 0.3) is 0 Å². The van der Waals surface area contributed by atoms with Gasteiger partial charge in [0, 0.05) is 11.4 Å². The molecule has 0 saturated carbocycles. The van der Waals surface area contributed by atoms with Crippen LogP contribution in [0.15, 0.2) is 83.1 Å². The highest BCUT2D eigenvalue weighted by Crippen LogP contribution is 2.41. The van der Waals surface area contributed by atoms with E-state index in [0.29, 0.717) is 39.9 Å². The highest BCUT2D eigenvalue weighted by molar-refractivity contribution is 8.03. The van der Waals surface area contributed by atoms with Gasteiger partial charge in [-0.05, 0) is 56.2 Å². The fourth-order valence-electron chi connectivity index (χ4n) is 3.82. The first-order valence-corrected chi connectivity index (χ1v) is 12.5. The molecule has 1 atom stereocenters. The summed E-state index contributed by atoms with van der Waals surface area (Å²) >= 11 is 1.21. The molecule has 8 heteroatoms. The number of nitrogens with zero attached hydrogens (tertiary/aromatic N) is 1. The lowest BCUT2D eigenvalue weighted by atomic mass is 9.82. The van der Waals surface area contributed by atoms with Crippen LogP contribution in [0, 0.1) is 18.3 Å². The van der Waals surface area contributed by atoms with Crippen LogP contribution in [-0.2, 0) is 14.3 Å². The van der Waals surface area contributed by atoms with E-state index in [9.17, 15) is 14.9 Å². The number of esters is 1. The molecule has 186 valence electrons. The molecule has 3 rings (SSSR count). The van der Waals surface area contributed by atoms with Gasteiger partial charge in [0.15, 0.2) is 0 Å². The van der Waals surface area contributed by atoms with Crippen LogP contribution in [0.4, 0.5) is 5.69 Å². The monoisotopic (exact) mass is 503 g/mol. The number of amides is 1. The van der Waals surface area contributed by atoms with Crippen molar-refractivity contribution in [3.8, 4) is 11.8 Å². The quantitative estimate of drug-likeness (QED) is 0.340. The maximum absolute atomic E-state index is 13.0. The summed E-state index contributed by atoms with van der Waals surface area (Å²) in [5.74, 6) is -0.621. The second kappa shape index (κ2) is 12.7. The number of thioether (sulfide) groups is 1. The molecular formula is C28H29N3O4S. The molecule has 2 aromatic rings. The number of nitriles is 1. The molecule has 1 aliphatic rings. The van der Waals surface area contributed by atoms with E-state index in [0.717, 1.165) is 11.1 Å². The first kappa shape index (κ1) is 26.6. The van der Waals surface area contributed by atoms with Gasteiger partial charge in [-0.3, -0.25) is 4.79 Å². The third kappa shape index (κ3) is 6.58. The number of allylic oxidation sites excluding steroid dienone is 2. The smallest absolute Gasteiger partial charge is 0.337 e. The van der Waals surface area contributed by atoms with Crippen LogP contribution in [0.1, 0.15) is 30.9 Å². The van der Waals surface area contributed by atoms with Crippen molar-refractivity contribution in [2.75, 3.05) is 24.3 Å². The van der Waals surface area contributed by atoms with Gasteiger partial charge in [-0.15, -0.1) is 0 Å². The molecule has 0 unspecified atom stereocenters. The maximum Gasteiger partial charge on any atom is 0.337 e. The molecule has 0 aliphatic carbocycles. The highest BCUT2D eigenvalue weighted by Gasteiger charge is 2.35. The fraction of sp³-hybridized carbons (Fsp3) is 0.250. The van der Waals surface area contributed by atoms with Crippen molar-refractivity contribution in [1.29, 1.82) is 5.26 Å². The van der Waals surface area contributed by atoms with Gasteiger partial charge in [0.2, 0.25) is 5.91 Å². The predicted molar refractivity (Wildman–Crippen MR) is 142 cm³/mol. The van der Waals surface area contributed by atoms with Crippen molar-refractivity contribution in [3.05, 3.63) is 94.2 Å². The van der Waals surface area contributed by atoms with Crippen LogP contribution in [0.25, 0.3) is 0 Å². The molecule has 0 spiro atoms. The number of carbonyl (C=O) groups excluding carboxylic acids is 2. The summed E-state index contributed by atoms with van der Waals surface area (Å²) in [5, 5.41) is 16.7. The number of hydrogen-bond acceptors (Lipinski definition) is 7. The maximum atomic E-state index is 13.0. The Labute approximate surface area is 215 Å². The van der Waals surface area contributed by atoms with Crippen LogP contribution >= 0.6 is 11.8 Å². The number of aryl methyl sites for hydroxylation is 1. The Balaban J connectivity index is 1.90. The molecule has 0 bridgehead atoms. The molecule has 1 amide bonds. The first-order valence-electron chi connectivity index (χ1n) is 11.5. The van der Waals surface area contributed by atoms with E-state index in [1.165, 1.54) is 17.8 Å². The van der Waals surface area contributed by atoms with Crippen molar-refractivity contribution in [1.82, 2.24) is 5.32 Å². The SMILES string of the molecule is C=CCOC(=O)C1=C(C)NC(SCC(=O)Nc2cccc(C)c2)=C(C#N)[C@@H]1c1ccc(OCC)cc1. The first-order chi connectivity index (χ1) is 17.4. The third-order valence-corrected chi connectivity index (χ3v) is 6.39. The average Bonchev–Trinajstić information content (AvgIpc) is 2.86. The van der Waals surface area contributed by atoms with Crippen LogP contribution in [0.3, 0.4) is 0 Å². The van der Waals surface area contributed by atoms with Crippen molar-refractivity contribution >= 4 is 29.3 Å². The molecule has 0 aromatic heterocycles. The molecule has 2 aromatic carbocycles. The second-order valence-corrected chi connectivity index (χ2v) is 9.03. The molecule has 0 saturated heterocycles. The Morgan fingerprint density at radius 1 is 1.22 bits per heavy atom. The Bertz CT molecular complexity index is 1240. The third-order valence-electron chi connectivity index (χ3n) is 5.37. The Hall–Kier alpha value is -3.96. The number of benzene rings is 2. The lowest BCUT2D eigenvalue weighted by Gasteiger charge is -2.29. The number of carbonyl (C=O) groups is 2. The van der Waals surface area contributed by atoms with Crippen molar-refractivity contribution in [2.24, 2.45) is 0 Å². The topological polar surface area (TPSA) is 100 Å². The Morgan fingerprint density at radius 2 is 1.97 bits per heavy atom. The van der Waals surface area contributed by atoms with E-state index in [1.807, 2.05) is 50.2 Å². The molecular weight excluding hydrogens is 474 g/mol. The van der Waals surface area contributed by atoms with Gasteiger partial charge in [-0.2, -0.15) is 5.26 Å².